The highest BCUT2D eigenvalue weighted by atomic mass is 16.5. The van der Waals surface area contributed by atoms with Crippen LogP contribution >= 0.6 is 0 Å². The Morgan fingerprint density at radius 3 is 2.17 bits per heavy atom. The molecule has 228 valence electrons. The molecule has 0 bridgehead atoms. The summed E-state index contributed by atoms with van der Waals surface area (Å²) in [5.74, 6) is -1.87. The molecule has 7 nitrogen and oxygen atoms in total. The van der Waals surface area contributed by atoms with Gasteiger partial charge in [0.2, 0.25) is 0 Å². The first-order valence-corrected chi connectivity index (χ1v) is 15.7. The number of allylic oxidation sites excluding steroid dienone is 2. The summed E-state index contributed by atoms with van der Waals surface area (Å²) >= 11 is 0. The molecule has 2 N–H and O–H groups in total. The van der Waals surface area contributed by atoms with Gasteiger partial charge in [-0.3, -0.25) is 19.2 Å². The topological polar surface area (TPSA) is 118 Å². The Morgan fingerprint density at radius 1 is 0.878 bits per heavy atom. The van der Waals surface area contributed by atoms with Crippen molar-refractivity contribution >= 4 is 23.7 Å². The molecule has 41 heavy (non-hydrogen) atoms. The van der Waals surface area contributed by atoms with Crippen LogP contribution in [0.2, 0.25) is 0 Å². The minimum atomic E-state index is -1.01. The first-order valence-electron chi connectivity index (χ1n) is 15.7. The molecule has 0 amide bonds. The molecule has 9 atom stereocenters. The number of rotatable bonds is 5. The van der Waals surface area contributed by atoms with Gasteiger partial charge < -0.3 is 14.9 Å². The van der Waals surface area contributed by atoms with E-state index < -0.39 is 23.3 Å². The van der Waals surface area contributed by atoms with E-state index >= 15 is 0 Å². The third-order valence-corrected chi connectivity index (χ3v) is 13.8. The molecule has 4 saturated carbocycles. The van der Waals surface area contributed by atoms with Crippen molar-refractivity contribution in [2.45, 2.75) is 125 Å². The second kappa shape index (κ2) is 9.41. The van der Waals surface area contributed by atoms with Gasteiger partial charge in [-0.25, -0.2) is 0 Å². The van der Waals surface area contributed by atoms with E-state index in [4.69, 9.17) is 9.84 Å². The van der Waals surface area contributed by atoms with E-state index in [1.807, 2.05) is 13.0 Å². The van der Waals surface area contributed by atoms with Gasteiger partial charge in [-0.05, 0) is 104 Å². The number of ether oxygens (including phenoxy) is 1. The zero-order valence-electron chi connectivity index (χ0n) is 26.1. The number of carboxylic acid groups (broad SMARTS) is 2. The predicted molar refractivity (Wildman–Crippen MR) is 154 cm³/mol. The second-order valence-electron chi connectivity index (χ2n) is 16.3. The molecule has 5 aliphatic carbocycles. The van der Waals surface area contributed by atoms with Gasteiger partial charge in [-0.1, -0.05) is 47.1 Å². The van der Waals surface area contributed by atoms with Crippen LogP contribution in [0.15, 0.2) is 11.6 Å². The molecule has 0 aromatic heterocycles. The average molecular weight is 571 g/mol. The molecule has 0 aromatic carbocycles. The van der Waals surface area contributed by atoms with Crippen LogP contribution in [0.1, 0.15) is 119 Å². The zero-order chi connectivity index (χ0) is 30.4. The quantitative estimate of drug-likeness (QED) is 0.348. The van der Waals surface area contributed by atoms with Crippen LogP contribution < -0.4 is 0 Å². The number of fused-ring (bicyclic) bond motifs is 7. The average Bonchev–Trinajstić information content (AvgIpc) is 2.86. The highest BCUT2D eigenvalue weighted by molar-refractivity contribution is 5.95. The van der Waals surface area contributed by atoms with Crippen LogP contribution in [-0.4, -0.2) is 40.0 Å². The molecule has 0 saturated heterocycles. The van der Waals surface area contributed by atoms with E-state index in [0.29, 0.717) is 19.3 Å². The fourth-order valence-corrected chi connectivity index (χ4v) is 11.0. The highest BCUT2D eigenvalue weighted by Crippen LogP contribution is 2.75. The molecule has 0 unspecified atom stereocenters. The number of carbonyl (C=O) groups is 4. The lowest BCUT2D eigenvalue weighted by atomic mass is 9.33. The minimum absolute atomic E-state index is 0.0233. The van der Waals surface area contributed by atoms with Crippen LogP contribution in [0.4, 0.5) is 0 Å². The monoisotopic (exact) mass is 570 g/mol. The lowest BCUT2D eigenvalue weighted by Gasteiger charge is -2.70. The second-order valence-corrected chi connectivity index (χ2v) is 16.3. The zero-order valence-corrected chi connectivity index (χ0v) is 26.1. The lowest BCUT2D eigenvalue weighted by Crippen LogP contribution is -2.66. The molecule has 0 aromatic rings. The first-order chi connectivity index (χ1) is 18.8. The molecule has 0 heterocycles. The number of hydrogen-bond acceptors (Lipinski definition) is 5. The molecular weight excluding hydrogens is 520 g/mol. The molecule has 5 rings (SSSR count). The van der Waals surface area contributed by atoms with Crippen LogP contribution in [-0.2, 0) is 23.9 Å². The maximum atomic E-state index is 14.5. The van der Waals surface area contributed by atoms with Crippen molar-refractivity contribution in [1.82, 2.24) is 0 Å². The Morgan fingerprint density at radius 2 is 1.54 bits per heavy atom. The Labute approximate surface area is 244 Å². The van der Waals surface area contributed by atoms with Gasteiger partial charge in [0.1, 0.15) is 6.10 Å². The summed E-state index contributed by atoms with van der Waals surface area (Å²) in [4.78, 5) is 50.3. The Kier molecular flexibility index (Phi) is 6.95. The van der Waals surface area contributed by atoms with Gasteiger partial charge in [-0.2, -0.15) is 0 Å². The SMILES string of the molecule is CC1(C)[C@@H](OC(=O)CCC(=O)O)CC[C@@]2(C)[C@H]1CC[C@]1(C)[C@H]2C(=O)C=C2[C@@H]3C[C@](C)(C(=O)O)CC[C@]3(C)CC[C@]21C. The summed E-state index contributed by atoms with van der Waals surface area (Å²) in [6.07, 6.45) is 8.80. The normalized spacial score (nSPS) is 46.6. The minimum Gasteiger partial charge on any atom is -0.481 e. The Bertz CT molecular complexity index is 1200. The van der Waals surface area contributed by atoms with Crippen LogP contribution in [0.3, 0.4) is 0 Å². The van der Waals surface area contributed by atoms with E-state index in [2.05, 4.69) is 41.5 Å². The van der Waals surface area contributed by atoms with Crippen molar-refractivity contribution in [1.29, 1.82) is 0 Å². The van der Waals surface area contributed by atoms with Crippen molar-refractivity contribution in [3.05, 3.63) is 11.6 Å². The van der Waals surface area contributed by atoms with Crippen molar-refractivity contribution < 1.29 is 34.1 Å². The molecular formula is C34H50O7. The number of aliphatic carboxylic acids is 2. The van der Waals surface area contributed by atoms with Gasteiger partial charge in [0, 0.05) is 11.3 Å². The molecule has 0 radical (unpaired) electrons. The largest absolute Gasteiger partial charge is 0.481 e. The van der Waals surface area contributed by atoms with E-state index in [9.17, 15) is 24.3 Å². The fraction of sp³-hybridized carbons (Fsp3) is 0.824. The molecule has 7 heteroatoms. The molecule has 0 spiro atoms. The summed E-state index contributed by atoms with van der Waals surface area (Å²) in [5, 5.41) is 19.1. The summed E-state index contributed by atoms with van der Waals surface area (Å²) in [6.45, 7) is 15.5. The van der Waals surface area contributed by atoms with E-state index in [0.717, 1.165) is 38.5 Å². The maximum Gasteiger partial charge on any atom is 0.309 e. The van der Waals surface area contributed by atoms with Crippen molar-refractivity contribution in [3.63, 3.8) is 0 Å². The number of hydrogen-bond donors (Lipinski definition) is 2. The third kappa shape index (κ3) is 4.25. The van der Waals surface area contributed by atoms with Gasteiger partial charge in [-0.15, -0.1) is 0 Å². The number of carboxylic acids is 2. The van der Waals surface area contributed by atoms with Crippen LogP contribution in [0.5, 0.6) is 0 Å². The predicted octanol–water partition coefficient (Wildman–Crippen LogP) is 6.83. The van der Waals surface area contributed by atoms with Gasteiger partial charge in [0.25, 0.3) is 0 Å². The fourth-order valence-electron chi connectivity index (χ4n) is 11.0. The van der Waals surface area contributed by atoms with Gasteiger partial charge in [0.05, 0.1) is 18.3 Å². The van der Waals surface area contributed by atoms with Gasteiger partial charge >= 0.3 is 17.9 Å². The lowest BCUT2D eigenvalue weighted by molar-refractivity contribution is -0.211. The van der Waals surface area contributed by atoms with Crippen molar-refractivity contribution in [2.24, 2.45) is 50.2 Å². The summed E-state index contributed by atoms with van der Waals surface area (Å²) in [7, 11) is 0. The smallest absolute Gasteiger partial charge is 0.309 e. The standard InChI is InChI=1S/C34H50O7/c1-29(2)23-10-13-34(7)27(32(23,5)12-11-24(29)41-26(38)9-8-25(36)37)22(35)18-20-21-19-31(4,28(39)40)15-14-30(21,3)16-17-33(20,34)6/h18,21,23-24,27H,8-17,19H2,1-7H3,(H,36,37)(H,39,40)/t21-,23-,24-,27-,30+,31+,32-,33+,34+/m0/s1. The highest BCUT2D eigenvalue weighted by Gasteiger charge is 2.70. The van der Waals surface area contributed by atoms with Crippen molar-refractivity contribution in [3.8, 4) is 0 Å². The van der Waals surface area contributed by atoms with E-state index in [-0.39, 0.29) is 69.6 Å². The van der Waals surface area contributed by atoms with E-state index in [1.165, 1.54) is 5.57 Å². The molecule has 5 aliphatic rings. The number of esters is 1. The molecule has 0 aliphatic heterocycles. The van der Waals surface area contributed by atoms with Crippen LogP contribution in [0, 0.1) is 50.2 Å². The number of ketones is 1. The maximum absolute atomic E-state index is 14.5. The first kappa shape index (κ1) is 30.3. The number of carbonyl (C=O) groups excluding carboxylic acids is 2. The van der Waals surface area contributed by atoms with Crippen molar-refractivity contribution in [2.75, 3.05) is 0 Å². The van der Waals surface area contributed by atoms with Gasteiger partial charge in [0.15, 0.2) is 5.78 Å². The summed E-state index contributed by atoms with van der Waals surface area (Å²) in [5.41, 5.74) is -0.553. The van der Waals surface area contributed by atoms with E-state index in [1.54, 1.807) is 0 Å². The third-order valence-electron chi connectivity index (χ3n) is 13.8. The molecule has 4 fully saturated rings. The summed E-state index contributed by atoms with van der Waals surface area (Å²) in [6, 6.07) is 0. The Balaban J connectivity index is 1.49. The summed E-state index contributed by atoms with van der Waals surface area (Å²) < 4.78 is 5.91. The Hall–Kier alpha value is -2.18. The van der Waals surface area contributed by atoms with Crippen LogP contribution in [0.25, 0.3) is 0 Å².